The minimum Gasteiger partial charge on any atom is -0.0721 e. The van der Waals surface area contributed by atoms with Crippen LogP contribution in [0.25, 0.3) is 0 Å². The van der Waals surface area contributed by atoms with Crippen LogP contribution in [0.5, 0.6) is 0 Å². The molecule has 0 aromatic heterocycles. The standard InChI is InChI=1S/C12H14Br4/c13-11(14)7-5-9-3-1-2-4-10(9,6-8(7)11)12(9,15)16/h7-8H,1-6H2/t7-,8-,9+,10+/m0/s1. The molecule has 0 amide bonds. The first-order valence-corrected chi connectivity index (χ1v) is 9.32. The molecule has 4 fully saturated rings. The Balaban J connectivity index is 1.76. The summed E-state index contributed by atoms with van der Waals surface area (Å²) in [6.07, 6.45) is 8.48. The van der Waals surface area contributed by atoms with Crippen LogP contribution in [-0.4, -0.2) is 6.47 Å². The molecule has 4 rings (SSSR count). The molecule has 4 aliphatic carbocycles. The molecule has 4 aliphatic rings. The van der Waals surface area contributed by atoms with Gasteiger partial charge in [-0.2, -0.15) is 0 Å². The molecular formula is C12H14Br4. The molecule has 4 atom stereocenters. The van der Waals surface area contributed by atoms with E-state index in [1.807, 2.05) is 0 Å². The molecule has 4 saturated carbocycles. The topological polar surface area (TPSA) is 0 Å². The third-order valence-corrected chi connectivity index (χ3v) is 11.4. The lowest BCUT2D eigenvalue weighted by molar-refractivity contribution is 0.164. The zero-order valence-electron chi connectivity index (χ0n) is 8.91. The highest BCUT2D eigenvalue weighted by Crippen LogP contribution is 2.94. The van der Waals surface area contributed by atoms with E-state index in [-0.39, 0.29) is 6.47 Å². The highest BCUT2D eigenvalue weighted by molar-refractivity contribution is 9.26. The van der Waals surface area contributed by atoms with E-state index >= 15 is 0 Å². The smallest absolute Gasteiger partial charge is 0.0721 e. The first kappa shape index (κ1) is 11.7. The fourth-order valence-corrected chi connectivity index (χ4v) is 9.43. The van der Waals surface area contributed by atoms with E-state index in [4.69, 9.17) is 0 Å². The maximum absolute atomic E-state index is 4.03. The Morgan fingerprint density at radius 3 is 1.62 bits per heavy atom. The van der Waals surface area contributed by atoms with Crippen LogP contribution in [0.1, 0.15) is 38.5 Å². The van der Waals surface area contributed by atoms with Crippen LogP contribution < -0.4 is 0 Å². The summed E-state index contributed by atoms with van der Waals surface area (Å²) in [4.78, 5) is 0. The Labute approximate surface area is 130 Å². The molecule has 0 aromatic rings. The minimum absolute atomic E-state index is 0.264. The summed E-state index contributed by atoms with van der Waals surface area (Å²) in [6, 6.07) is 0. The van der Waals surface area contributed by atoms with Gasteiger partial charge in [0.1, 0.15) is 0 Å². The Kier molecular flexibility index (Phi) is 2.18. The Morgan fingerprint density at radius 2 is 1.19 bits per heavy atom. The van der Waals surface area contributed by atoms with Crippen molar-refractivity contribution in [3.05, 3.63) is 0 Å². The molecular weight excluding hydrogens is 464 g/mol. The molecule has 0 aromatic carbocycles. The van der Waals surface area contributed by atoms with E-state index in [0.717, 1.165) is 11.8 Å². The second-order valence-corrected chi connectivity index (χ2v) is 13.4. The first-order valence-electron chi connectivity index (χ1n) is 6.15. The maximum Gasteiger partial charge on any atom is 0.0929 e. The summed E-state index contributed by atoms with van der Waals surface area (Å²) >= 11 is 15.8. The Bertz CT molecular complexity index is 345. The van der Waals surface area contributed by atoms with Crippen LogP contribution in [0.4, 0.5) is 0 Å². The molecule has 90 valence electrons. The van der Waals surface area contributed by atoms with E-state index in [9.17, 15) is 0 Å². The summed E-state index contributed by atoms with van der Waals surface area (Å²) in [6.45, 7) is 0. The van der Waals surface area contributed by atoms with Crippen LogP contribution in [-0.2, 0) is 0 Å². The summed E-state index contributed by atoms with van der Waals surface area (Å²) in [5, 5.41) is 0. The molecule has 0 saturated heterocycles. The van der Waals surface area contributed by atoms with Crippen molar-refractivity contribution in [3.8, 4) is 0 Å². The lowest BCUT2D eigenvalue weighted by atomic mass is 9.71. The van der Waals surface area contributed by atoms with Crippen LogP contribution in [0, 0.1) is 22.7 Å². The highest BCUT2D eigenvalue weighted by Gasteiger charge is 2.90. The van der Waals surface area contributed by atoms with Gasteiger partial charge in [0, 0.05) is 10.8 Å². The van der Waals surface area contributed by atoms with Crippen molar-refractivity contribution in [1.82, 2.24) is 0 Å². The third-order valence-electron chi connectivity index (χ3n) is 6.01. The quantitative estimate of drug-likeness (QED) is 0.401. The number of halogens is 4. The molecule has 0 bridgehead atoms. The highest BCUT2D eigenvalue weighted by atomic mass is 79.9. The van der Waals surface area contributed by atoms with Gasteiger partial charge < -0.3 is 0 Å². The van der Waals surface area contributed by atoms with Gasteiger partial charge in [0.2, 0.25) is 0 Å². The second-order valence-electron chi connectivity index (χ2n) is 6.24. The SMILES string of the molecule is BrC1(Br)[C@H]2C[C@]34CCCC[C@]3(C[C@@H]21)C4(Br)Br. The number of rotatable bonds is 0. The first-order chi connectivity index (χ1) is 7.39. The largest absolute Gasteiger partial charge is 0.0929 e. The Morgan fingerprint density at radius 1 is 0.750 bits per heavy atom. The number of alkyl halides is 4. The van der Waals surface area contributed by atoms with Crippen LogP contribution in [0.15, 0.2) is 0 Å². The number of hydrogen-bond acceptors (Lipinski definition) is 0. The van der Waals surface area contributed by atoms with Crippen molar-refractivity contribution in [2.24, 2.45) is 22.7 Å². The fraction of sp³-hybridized carbons (Fsp3) is 1.00. The van der Waals surface area contributed by atoms with E-state index in [1.54, 1.807) is 0 Å². The van der Waals surface area contributed by atoms with Crippen molar-refractivity contribution in [2.45, 2.75) is 45.0 Å². The molecule has 0 aliphatic heterocycles. The molecule has 0 N–H and O–H groups in total. The lowest BCUT2D eigenvalue weighted by Crippen LogP contribution is -2.24. The van der Waals surface area contributed by atoms with E-state index in [2.05, 4.69) is 63.7 Å². The number of hydrogen-bond donors (Lipinski definition) is 0. The molecule has 0 nitrogen and oxygen atoms in total. The minimum atomic E-state index is 0.264. The van der Waals surface area contributed by atoms with Gasteiger partial charge in [-0.15, -0.1) is 0 Å². The zero-order chi connectivity index (χ0) is 11.4. The normalized spacial score (nSPS) is 59.2. The van der Waals surface area contributed by atoms with E-state index in [0.29, 0.717) is 10.8 Å². The average molecular weight is 478 g/mol. The molecule has 4 heteroatoms. The van der Waals surface area contributed by atoms with Gasteiger partial charge in [-0.1, -0.05) is 76.6 Å². The molecule has 0 spiro atoms. The van der Waals surface area contributed by atoms with Crippen LogP contribution in [0.3, 0.4) is 0 Å². The molecule has 16 heavy (non-hydrogen) atoms. The number of fused-ring (bicyclic) bond motifs is 1. The van der Waals surface area contributed by atoms with Gasteiger partial charge in [0.25, 0.3) is 0 Å². The van der Waals surface area contributed by atoms with Crippen molar-refractivity contribution >= 4 is 63.7 Å². The fourth-order valence-electron chi connectivity index (χ4n) is 5.01. The summed E-state index contributed by atoms with van der Waals surface area (Å²) in [5.41, 5.74) is 1.12. The van der Waals surface area contributed by atoms with Crippen molar-refractivity contribution in [2.75, 3.05) is 0 Å². The predicted molar refractivity (Wildman–Crippen MR) is 80.7 cm³/mol. The van der Waals surface area contributed by atoms with Crippen LogP contribution >= 0.6 is 63.7 Å². The predicted octanol–water partition coefficient (Wildman–Crippen LogP) is 5.56. The Hall–Kier alpha value is 1.92. The van der Waals surface area contributed by atoms with Gasteiger partial charge in [-0.3, -0.25) is 0 Å². The maximum atomic E-state index is 4.03. The van der Waals surface area contributed by atoms with Gasteiger partial charge in [0.05, 0.1) is 6.47 Å². The molecule has 0 unspecified atom stereocenters. The lowest BCUT2D eigenvalue weighted by Gasteiger charge is -2.32. The third kappa shape index (κ3) is 0.987. The van der Waals surface area contributed by atoms with Gasteiger partial charge in [-0.25, -0.2) is 0 Å². The van der Waals surface area contributed by atoms with Gasteiger partial charge in [-0.05, 0) is 37.5 Å². The van der Waals surface area contributed by atoms with Crippen molar-refractivity contribution in [1.29, 1.82) is 0 Å². The summed E-state index contributed by atoms with van der Waals surface area (Å²) in [7, 11) is 0. The second kappa shape index (κ2) is 2.98. The van der Waals surface area contributed by atoms with E-state index in [1.165, 1.54) is 38.5 Å². The van der Waals surface area contributed by atoms with Crippen molar-refractivity contribution in [3.63, 3.8) is 0 Å². The van der Waals surface area contributed by atoms with E-state index < -0.39 is 0 Å². The van der Waals surface area contributed by atoms with Crippen molar-refractivity contribution < 1.29 is 0 Å². The summed E-state index contributed by atoms with van der Waals surface area (Å²) < 4.78 is 0.549. The van der Waals surface area contributed by atoms with Gasteiger partial charge in [0.15, 0.2) is 0 Å². The van der Waals surface area contributed by atoms with Gasteiger partial charge >= 0.3 is 0 Å². The zero-order valence-corrected chi connectivity index (χ0v) is 15.3. The monoisotopic (exact) mass is 474 g/mol. The van der Waals surface area contributed by atoms with Crippen LogP contribution in [0.2, 0.25) is 0 Å². The molecule has 0 radical (unpaired) electrons. The summed E-state index contributed by atoms with van der Waals surface area (Å²) in [5.74, 6) is 1.71. The molecule has 0 heterocycles. The average Bonchev–Trinajstić information content (AvgIpc) is 2.93.